The van der Waals surface area contributed by atoms with Gasteiger partial charge in [-0.3, -0.25) is 0 Å². The average molecular weight is 399 g/mol. The van der Waals surface area contributed by atoms with Crippen LogP contribution in [0.2, 0.25) is 0 Å². The van der Waals surface area contributed by atoms with Gasteiger partial charge in [0.25, 0.3) is 0 Å². The highest BCUT2D eigenvalue weighted by Gasteiger charge is 2.71. The summed E-state index contributed by atoms with van der Waals surface area (Å²) in [5.74, 6) is -0.843. The first-order valence-corrected chi connectivity index (χ1v) is 10.2. The molecule has 3 aliphatic rings. The lowest BCUT2D eigenvalue weighted by Gasteiger charge is -2.45. The Morgan fingerprint density at radius 1 is 1.23 bits per heavy atom. The van der Waals surface area contributed by atoms with Crippen molar-refractivity contribution in [2.24, 2.45) is 0 Å². The number of quaternary nitrogens is 1. The molecule has 5 rings (SSSR count). The van der Waals surface area contributed by atoms with Crippen molar-refractivity contribution in [3.8, 4) is 0 Å². The van der Waals surface area contributed by atoms with E-state index in [2.05, 4.69) is 0 Å². The number of likely N-dealkylation sites (N-methyl/N-ethyl adjacent to an activating group) is 1. The molecule has 1 unspecified atom stereocenters. The molecule has 0 aromatic carbocycles. The van der Waals surface area contributed by atoms with Gasteiger partial charge in [-0.15, -0.1) is 22.7 Å². The molecule has 2 bridgehead atoms. The summed E-state index contributed by atoms with van der Waals surface area (Å²) in [6.07, 6.45) is -1.57. The molecule has 3 aliphatic heterocycles. The lowest BCUT2D eigenvalue weighted by Crippen LogP contribution is -2.60. The number of aliphatic hydroxyl groups is 1. The number of hydrogen-bond acceptors (Lipinski definition) is 6. The zero-order valence-corrected chi connectivity index (χ0v) is 15.3. The van der Waals surface area contributed by atoms with Crippen molar-refractivity contribution in [2.45, 2.75) is 48.8 Å². The van der Waals surface area contributed by atoms with E-state index in [0.717, 1.165) is 0 Å². The van der Waals surface area contributed by atoms with E-state index in [1.807, 2.05) is 0 Å². The van der Waals surface area contributed by atoms with Crippen molar-refractivity contribution in [3.63, 3.8) is 0 Å². The van der Waals surface area contributed by atoms with E-state index in [1.165, 1.54) is 22.7 Å². The molecular weight excluding hydrogens is 370 g/mol. The molecule has 138 valence electrons. The third kappa shape index (κ3) is 2.28. The van der Waals surface area contributed by atoms with Crippen molar-refractivity contribution in [2.75, 3.05) is 14.0 Å². The molecule has 0 aliphatic carbocycles. The topological polar surface area (TPSA) is 59.1 Å². The van der Waals surface area contributed by atoms with Crippen LogP contribution in [0, 0.1) is 0 Å². The molecule has 1 N–H and O–H groups in total. The molecule has 2 aromatic heterocycles. The Balaban J connectivity index is 1.44. The number of esters is 1. The minimum Gasteiger partial charge on any atom is -0.459 e. The minimum atomic E-state index is -2.76. The Morgan fingerprint density at radius 3 is 2.27 bits per heavy atom. The van der Waals surface area contributed by atoms with E-state index in [1.54, 1.807) is 35.0 Å². The molecule has 0 spiro atoms. The van der Waals surface area contributed by atoms with Crippen LogP contribution in [-0.2, 0) is 19.9 Å². The quantitative estimate of drug-likeness (QED) is 0.488. The highest BCUT2D eigenvalue weighted by molar-refractivity contribution is 7.12. The summed E-state index contributed by atoms with van der Waals surface area (Å²) in [4.78, 5) is 14.1. The predicted octanol–water partition coefficient (Wildman–Crippen LogP) is 2.35. The average Bonchev–Trinajstić information content (AvgIpc) is 3.07. The van der Waals surface area contributed by atoms with E-state index in [-0.39, 0.29) is 12.8 Å². The number of thiophene rings is 2. The Kier molecular flexibility index (Phi) is 2.50. The number of morpholine rings is 1. The largest absolute Gasteiger partial charge is 0.459 e. The zero-order valence-electron chi connectivity index (χ0n) is 19.7. The Hall–Kier alpha value is -1.25. The van der Waals surface area contributed by atoms with Gasteiger partial charge in [-0.2, -0.15) is 0 Å². The monoisotopic (exact) mass is 398 g/mol. The van der Waals surface area contributed by atoms with Crippen LogP contribution in [0.15, 0.2) is 35.0 Å². The molecule has 0 radical (unpaired) electrons. The maximum atomic E-state index is 13.3. The zero-order chi connectivity index (χ0) is 23.1. The van der Waals surface area contributed by atoms with Gasteiger partial charge in [-0.1, -0.05) is 12.1 Å². The molecule has 5 nitrogen and oxygen atoms in total. The number of hydrogen-bond donors (Lipinski definition) is 1. The van der Waals surface area contributed by atoms with Gasteiger partial charge in [-0.05, 0) is 22.9 Å². The second-order valence-corrected chi connectivity index (χ2v) is 9.04. The van der Waals surface area contributed by atoms with Gasteiger partial charge in [0.1, 0.15) is 30.4 Å². The molecule has 0 saturated carbocycles. The van der Waals surface area contributed by atoms with Gasteiger partial charge in [0.2, 0.25) is 5.60 Å². The summed E-state index contributed by atoms with van der Waals surface area (Å²) < 4.78 is 58.8. The van der Waals surface area contributed by atoms with E-state index in [0.29, 0.717) is 9.75 Å². The molecule has 5 heterocycles. The van der Waals surface area contributed by atoms with Crippen LogP contribution in [0.25, 0.3) is 0 Å². The van der Waals surface area contributed by atoms with Crippen LogP contribution in [0.3, 0.4) is 0 Å². The van der Waals surface area contributed by atoms with Gasteiger partial charge in [0.05, 0.1) is 31.9 Å². The highest BCUT2D eigenvalue weighted by Crippen LogP contribution is 2.52. The van der Waals surface area contributed by atoms with Gasteiger partial charge >= 0.3 is 5.97 Å². The van der Waals surface area contributed by atoms with Crippen molar-refractivity contribution in [1.29, 1.82) is 0 Å². The normalized spacial score (nSPS) is 38.7. The molecular formula is C19H22NO4S2+. The Morgan fingerprint density at radius 2 is 1.81 bits per heavy atom. The summed E-state index contributed by atoms with van der Waals surface area (Å²) in [6, 6.07) is 5.10. The lowest BCUT2D eigenvalue weighted by molar-refractivity contribution is -0.938. The number of carbonyl (C=O) groups is 1. The molecule has 3 saturated heterocycles. The van der Waals surface area contributed by atoms with E-state index < -0.39 is 60.4 Å². The maximum absolute atomic E-state index is 13.3. The lowest BCUT2D eigenvalue weighted by atomic mass is 9.95. The molecule has 3 fully saturated rings. The fraction of sp³-hybridized carbons (Fsp3) is 0.526. The van der Waals surface area contributed by atoms with Crippen LogP contribution in [0.4, 0.5) is 0 Å². The van der Waals surface area contributed by atoms with Crippen molar-refractivity contribution in [3.05, 3.63) is 44.8 Å². The Bertz CT molecular complexity index is 938. The van der Waals surface area contributed by atoms with Gasteiger partial charge in [0, 0.05) is 12.8 Å². The van der Waals surface area contributed by atoms with E-state index in [4.69, 9.17) is 17.7 Å². The minimum absolute atomic E-state index is 0.0468. The smallest absolute Gasteiger partial charge is 0.349 e. The van der Waals surface area contributed by atoms with Crippen LogP contribution < -0.4 is 0 Å². The molecule has 2 aromatic rings. The summed E-state index contributed by atoms with van der Waals surface area (Å²) in [5, 5.41) is 14.9. The first kappa shape index (κ1) is 11.6. The third-order valence-corrected chi connectivity index (χ3v) is 7.66. The second-order valence-electron chi connectivity index (χ2n) is 7.14. The SMILES string of the molecule is [2H]C([2H])([2H])[N+]1(C([2H])([2H])[2H])[C@@H]2CC(OC(=O)C(O)(c3cccs3)c3cccs3)C[C@H]1[C@@H]1O[C@@H]12. The summed E-state index contributed by atoms with van der Waals surface area (Å²) in [7, 11) is 0. The molecule has 26 heavy (non-hydrogen) atoms. The molecule has 5 atom stereocenters. The van der Waals surface area contributed by atoms with E-state index >= 15 is 0 Å². The summed E-state index contributed by atoms with van der Waals surface area (Å²) in [5.41, 5.74) is -1.97. The van der Waals surface area contributed by atoms with Gasteiger partial charge < -0.3 is 19.1 Å². The first-order chi connectivity index (χ1) is 14.9. The first-order valence-electron chi connectivity index (χ1n) is 11.5. The number of rotatable bonds is 4. The van der Waals surface area contributed by atoms with Crippen molar-refractivity contribution < 1.29 is 32.1 Å². The van der Waals surface area contributed by atoms with Gasteiger partial charge in [-0.25, -0.2) is 4.79 Å². The third-order valence-electron chi connectivity index (χ3n) is 5.70. The fourth-order valence-electron chi connectivity index (χ4n) is 4.32. The maximum Gasteiger partial charge on any atom is 0.349 e. The molecule has 7 heteroatoms. The van der Waals surface area contributed by atoms with Crippen molar-refractivity contribution >= 4 is 28.6 Å². The summed E-state index contributed by atoms with van der Waals surface area (Å²) in [6.45, 7) is -5.53. The number of epoxide rings is 1. The van der Waals surface area contributed by atoms with Crippen LogP contribution in [-0.4, -0.2) is 59.9 Å². The number of fused-ring (bicyclic) bond motifs is 5. The Labute approximate surface area is 168 Å². The molecule has 0 amide bonds. The number of piperidine rings is 1. The number of nitrogens with zero attached hydrogens (tertiary/aromatic N) is 1. The number of carbonyl (C=O) groups excluding carboxylic acids is 1. The highest BCUT2D eigenvalue weighted by atomic mass is 32.1. The standard InChI is InChI=1S/C19H22NO4S2/c1-20(2)12-9-11(10-13(20)17-16(12)24-17)23-18(21)19(22,14-5-3-7-25-14)15-6-4-8-26-15/h3-8,11-13,16-17,22H,9-10H2,1-2H3/q+1/t11?,12-,13+,16-,17+/i1D3,2D3. The predicted molar refractivity (Wildman–Crippen MR) is 99.1 cm³/mol. The van der Waals surface area contributed by atoms with E-state index in [9.17, 15) is 9.90 Å². The second kappa shape index (κ2) is 5.62. The fourth-order valence-corrected chi connectivity index (χ4v) is 6.04. The van der Waals surface area contributed by atoms with Crippen LogP contribution in [0.5, 0.6) is 0 Å². The van der Waals surface area contributed by atoms with Crippen molar-refractivity contribution in [1.82, 2.24) is 0 Å². The van der Waals surface area contributed by atoms with Crippen LogP contribution >= 0.6 is 22.7 Å². The van der Waals surface area contributed by atoms with Gasteiger partial charge in [0.15, 0.2) is 0 Å². The van der Waals surface area contributed by atoms with Crippen LogP contribution in [0.1, 0.15) is 30.8 Å². The summed E-state index contributed by atoms with van der Waals surface area (Å²) >= 11 is 2.46. The number of ether oxygens (including phenoxy) is 2.